The Bertz CT molecular complexity index is 322. The van der Waals surface area contributed by atoms with Gasteiger partial charge in [0.1, 0.15) is 5.82 Å². The Morgan fingerprint density at radius 2 is 1.88 bits per heavy atom. The summed E-state index contributed by atoms with van der Waals surface area (Å²) in [6, 6.07) is 7.47. The fraction of sp³-hybridized carbons (Fsp3) is 0.600. The summed E-state index contributed by atoms with van der Waals surface area (Å²) in [6.45, 7) is 7.50. The van der Waals surface area contributed by atoms with Gasteiger partial charge in [-0.15, -0.1) is 0 Å². The van der Waals surface area contributed by atoms with Crippen molar-refractivity contribution in [3.05, 3.63) is 35.6 Å². The van der Waals surface area contributed by atoms with Crippen LogP contribution in [0.5, 0.6) is 0 Å². The zero-order valence-corrected chi connectivity index (χ0v) is 11.2. The number of benzene rings is 1. The number of hydrogen-bond donors (Lipinski definition) is 1. The van der Waals surface area contributed by atoms with Gasteiger partial charge in [-0.2, -0.15) is 0 Å². The van der Waals surface area contributed by atoms with E-state index in [9.17, 15) is 4.39 Å². The van der Waals surface area contributed by atoms with Crippen LogP contribution in [0.4, 0.5) is 4.39 Å². The maximum atomic E-state index is 13.6. The van der Waals surface area contributed by atoms with Crippen molar-refractivity contribution in [2.24, 2.45) is 5.92 Å². The van der Waals surface area contributed by atoms with Crippen LogP contribution in [-0.2, 0) is 6.42 Å². The Kier molecular flexibility index (Phi) is 6.20. The third kappa shape index (κ3) is 5.31. The zero-order valence-electron chi connectivity index (χ0n) is 11.2. The molecule has 96 valence electrons. The van der Waals surface area contributed by atoms with Gasteiger partial charge in [0.2, 0.25) is 0 Å². The van der Waals surface area contributed by atoms with E-state index in [0.717, 1.165) is 24.9 Å². The highest BCUT2D eigenvalue weighted by molar-refractivity contribution is 5.18. The van der Waals surface area contributed by atoms with E-state index >= 15 is 0 Å². The molecule has 0 saturated heterocycles. The summed E-state index contributed by atoms with van der Waals surface area (Å²) in [5.41, 5.74) is 0.821. The largest absolute Gasteiger partial charge is 0.314 e. The van der Waals surface area contributed by atoms with Crippen LogP contribution >= 0.6 is 0 Å². The molecule has 0 aliphatic heterocycles. The van der Waals surface area contributed by atoms with Crippen LogP contribution in [0.3, 0.4) is 0 Å². The molecule has 1 aromatic rings. The smallest absolute Gasteiger partial charge is 0.126 e. The molecule has 0 aliphatic rings. The number of likely N-dealkylation sites (N-methyl/N-ethyl adjacent to an activating group) is 1. The third-order valence-electron chi connectivity index (χ3n) is 3.01. The molecule has 0 spiro atoms. The van der Waals surface area contributed by atoms with E-state index in [1.807, 2.05) is 12.1 Å². The van der Waals surface area contributed by atoms with Crippen molar-refractivity contribution in [2.75, 3.05) is 6.54 Å². The van der Waals surface area contributed by atoms with Crippen molar-refractivity contribution < 1.29 is 4.39 Å². The molecule has 1 unspecified atom stereocenters. The van der Waals surface area contributed by atoms with Crippen LogP contribution in [0.1, 0.15) is 39.2 Å². The van der Waals surface area contributed by atoms with Gasteiger partial charge in [-0.1, -0.05) is 39.0 Å². The van der Waals surface area contributed by atoms with Gasteiger partial charge in [-0.25, -0.2) is 4.39 Å². The summed E-state index contributed by atoms with van der Waals surface area (Å²) >= 11 is 0. The molecule has 0 radical (unpaired) electrons. The summed E-state index contributed by atoms with van der Waals surface area (Å²) in [6.07, 6.45) is 3.08. The van der Waals surface area contributed by atoms with Gasteiger partial charge in [-0.3, -0.25) is 0 Å². The van der Waals surface area contributed by atoms with Crippen molar-refractivity contribution in [1.29, 1.82) is 0 Å². The van der Waals surface area contributed by atoms with Crippen molar-refractivity contribution in [1.82, 2.24) is 5.32 Å². The summed E-state index contributed by atoms with van der Waals surface area (Å²) in [4.78, 5) is 0. The van der Waals surface area contributed by atoms with E-state index in [-0.39, 0.29) is 5.82 Å². The van der Waals surface area contributed by atoms with E-state index in [4.69, 9.17) is 0 Å². The lowest BCUT2D eigenvalue weighted by atomic mass is 9.97. The Morgan fingerprint density at radius 3 is 2.47 bits per heavy atom. The highest BCUT2D eigenvalue weighted by atomic mass is 19.1. The first kappa shape index (κ1) is 14.2. The molecule has 0 aromatic heterocycles. The van der Waals surface area contributed by atoms with E-state index in [0.29, 0.717) is 12.0 Å². The molecule has 1 nitrogen and oxygen atoms in total. The first-order valence-electron chi connectivity index (χ1n) is 6.60. The SMILES string of the molecule is CCNC(CCC(C)C)Cc1ccccc1F. The number of halogens is 1. The fourth-order valence-corrected chi connectivity index (χ4v) is 2.03. The quantitative estimate of drug-likeness (QED) is 0.761. The van der Waals surface area contributed by atoms with Crippen molar-refractivity contribution in [3.63, 3.8) is 0 Å². The van der Waals surface area contributed by atoms with Crippen LogP contribution < -0.4 is 5.32 Å². The predicted octanol–water partition coefficient (Wildman–Crippen LogP) is 3.78. The van der Waals surface area contributed by atoms with Gasteiger partial charge >= 0.3 is 0 Å². The molecule has 0 fully saturated rings. The lowest BCUT2D eigenvalue weighted by molar-refractivity contribution is 0.429. The summed E-state index contributed by atoms with van der Waals surface area (Å²) in [5.74, 6) is 0.622. The molecular weight excluding hydrogens is 213 g/mol. The second-order valence-electron chi connectivity index (χ2n) is 5.02. The van der Waals surface area contributed by atoms with Crippen LogP contribution in [-0.4, -0.2) is 12.6 Å². The van der Waals surface area contributed by atoms with E-state index in [1.54, 1.807) is 12.1 Å². The molecule has 0 amide bonds. The molecule has 1 N–H and O–H groups in total. The standard InChI is InChI=1S/C15H24FN/c1-4-17-14(10-9-12(2)3)11-13-7-5-6-8-15(13)16/h5-8,12,14,17H,4,9-11H2,1-3H3. The van der Waals surface area contributed by atoms with Crippen molar-refractivity contribution in [3.8, 4) is 0 Å². The number of rotatable bonds is 7. The van der Waals surface area contributed by atoms with Gasteiger partial charge < -0.3 is 5.32 Å². The van der Waals surface area contributed by atoms with Gasteiger partial charge in [0.15, 0.2) is 0 Å². The van der Waals surface area contributed by atoms with E-state index in [1.165, 1.54) is 6.42 Å². The van der Waals surface area contributed by atoms with Gasteiger partial charge in [-0.05, 0) is 43.4 Å². The lowest BCUT2D eigenvalue weighted by Gasteiger charge is -2.19. The second kappa shape index (κ2) is 7.44. The van der Waals surface area contributed by atoms with Gasteiger partial charge in [0, 0.05) is 6.04 Å². The molecule has 17 heavy (non-hydrogen) atoms. The van der Waals surface area contributed by atoms with Crippen LogP contribution in [0.15, 0.2) is 24.3 Å². The molecule has 2 heteroatoms. The van der Waals surface area contributed by atoms with E-state index in [2.05, 4.69) is 26.1 Å². The van der Waals surface area contributed by atoms with Crippen molar-refractivity contribution in [2.45, 2.75) is 46.1 Å². The van der Waals surface area contributed by atoms with Gasteiger partial charge in [0.25, 0.3) is 0 Å². The minimum atomic E-state index is -0.0834. The number of hydrogen-bond acceptors (Lipinski definition) is 1. The monoisotopic (exact) mass is 237 g/mol. The summed E-state index contributed by atoms with van der Waals surface area (Å²) in [5, 5.41) is 3.45. The summed E-state index contributed by atoms with van der Waals surface area (Å²) < 4.78 is 13.6. The average molecular weight is 237 g/mol. The molecule has 1 atom stereocenters. The Labute approximate surface area is 104 Å². The Morgan fingerprint density at radius 1 is 1.18 bits per heavy atom. The normalized spacial score (nSPS) is 13.0. The van der Waals surface area contributed by atoms with Crippen molar-refractivity contribution >= 4 is 0 Å². The van der Waals surface area contributed by atoms with Gasteiger partial charge in [0.05, 0.1) is 0 Å². The maximum Gasteiger partial charge on any atom is 0.126 e. The second-order valence-corrected chi connectivity index (χ2v) is 5.02. The molecule has 0 bridgehead atoms. The summed E-state index contributed by atoms with van der Waals surface area (Å²) in [7, 11) is 0. The molecule has 0 saturated carbocycles. The molecule has 0 heterocycles. The van der Waals surface area contributed by atoms with Crippen LogP contribution in [0, 0.1) is 11.7 Å². The Balaban J connectivity index is 2.56. The first-order valence-corrected chi connectivity index (χ1v) is 6.60. The maximum absolute atomic E-state index is 13.6. The van der Waals surface area contributed by atoms with E-state index < -0.39 is 0 Å². The predicted molar refractivity (Wildman–Crippen MR) is 71.6 cm³/mol. The Hall–Kier alpha value is -0.890. The zero-order chi connectivity index (χ0) is 12.7. The third-order valence-corrected chi connectivity index (χ3v) is 3.01. The molecule has 0 aliphatic carbocycles. The molecular formula is C15H24FN. The topological polar surface area (TPSA) is 12.0 Å². The molecule has 1 aromatic carbocycles. The molecule has 1 rings (SSSR count). The van der Waals surface area contributed by atoms with Crippen LogP contribution in [0.2, 0.25) is 0 Å². The highest BCUT2D eigenvalue weighted by Gasteiger charge is 2.11. The minimum Gasteiger partial charge on any atom is -0.314 e. The minimum absolute atomic E-state index is 0.0834. The lowest BCUT2D eigenvalue weighted by Crippen LogP contribution is -2.31. The number of nitrogens with one attached hydrogen (secondary N) is 1. The highest BCUT2D eigenvalue weighted by Crippen LogP contribution is 2.14. The average Bonchev–Trinajstić information content (AvgIpc) is 2.29. The first-order chi connectivity index (χ1) is 8.13. The fourth-order valence-electron chi connectivity index (χ4n) is 2.03. The van der Waals surface area contributed by atoms with Crippen LogP contribution in [0.25, 0.3) is 0 Å².